The zero-order valence-electron chi connectivity index (χ0n) is 12.3. The summed E-state index contributed by atoms with van der Waals surface area (Å²) in [6.07, 6.45) is 1.91. The molecule has 3 rings (SSSR count). The number of amides is 1. The number of carbonyl (C=O) groups is 1. The molecule has 0 unspecified atom stereocenters. The lowest BCUT2D eigenvalue weighted by Gasteiger charge is -2.21. The molecule has 1 aliphatic rings. The van der Waals surface area contributed by atoms with Crippen LogP contribution in [0.15, 0.2) is 24.3 Å². The average Bonchev–Trinajstić information content (AvgIpc) is 2.63. The largest absolute Gasteiger partial charge is 0.334 e. The van der Waals surface area contributed by atoms with Gasteiger partial charge in [-0.25, -0.2) is 0 Å². The van der Waals surface area contributed by atoms with E-state index >= 15 is 0 Å². The Morgan fingerprint density at radius 1 is 1.33 bits per heavy atom. The van der Waals surface area contributed by atoms with Gasteiger partial charge >= 0.3 is 0 Å². The highest BCUT2D eigenvalue weighted by Crippen LogP contribution is 2.24. The first-order valence-corrected chi connectivity index (χ1v) is 7.51. The van der Waals surface area contributed by atoms with Gasteiger partial charge in [0.05, 0.1) is 12.2 Å². The van der Waals surface area contributed by atoms with E-state index in [2.05, 4.69) is 5.10 Å². The fraction of sp³-hybridized carbons (Fsp3) is 0.375. The number of nitrogens with zero attached hydrogens (tertiary/aromatic N) is 3. The second-order valence-electron chi connectivity index (χ2n) is 5.47. The van der Waals surface area contributed by atoms with Crippen LogP contribution in [0.1, 0.15) is 33.6 Å². The van der Waals surface area contributed by atoms with Crippen LogP contribution in [-0.2, 0) is 20.0 Å². The first-order chi connectivity index (χ1) is 10.1. The van der Waals surface area contributed by atoms with Crippen LogP contribution in [0.3, 0.4) is 0 Å². The standard InChI is InChI=1S/C16H18ClN3O/c1-11-14(15(17)19(2)18-11)10-20-9-5-7-12-6-3-4-8-13(12)16(20)21/h3-4,6,8H,5,7,9-10H2,1-2H3. The van der Waals surface area contributed by atoms with E-state index in [1.54, 1.807) is 4.68 Å². The molecule has 5 heteroatoms. The van der Waals surface area contributed by atoms with Crippen molar-refractivity contribution in [3.63, 3.8) is 0 Å². The van der Waals surface area contributed by atoms with Gasteiger partial charge in [-0.05, 0) is 31.4 Å². The quantitative estimate of drug-likeness (QED) is 0.855. The molecule has 0 spiro atoms. The Labute approximate surface area is 129 Å². The van der Waals surface area contributed by atoms with Gasteiger partial charge in [0.2, 0.25) is 0 Å². The van der Waals surface area contributed by atoms with E-state index in [1.807, 2.05) is 43.1 Å². The summed E-state index contributed by atoms with van der Waals surface area (Å²) in [5, 5.41) is 4.92. The molecule has 0 saturated carbocycles. The molecule has 1 amide bonds. The Morgan fingerprint density at radius 2 is 2.10 bits per heavy atom. The van der Waals surface area contributed by atoms with Gasteiger partial charge in [-0.2, -0.15) is 5.10 Å². The highest BCUT2D eigenvalue weighted by molar-refractivity contribution is 6.30. The number of fused-ring (bicyclic) bond motifs is 1. The van der Waals surface area contributed by atoms with Gasteiger partial charge in [0.15, 0.2) is 0 Å². The molecule has 0 bridgehead atoms. The lowest BCUT2D eigenvalue weighted by atomic mass is 10.0. The van der Waals surface area contributed by atoms with Crippen LogP contribution in [0, 0.1) is 6.92 Å². The highest BCUT2D eigenvalue weighted by Gasteiger charge is 2.24. The maximum atomic E-state index is 12.7. The number of carbonyl (C=O) groups excluding carboxylic acids is 1. The van der Waals surface area contributed by atoms with Crippen molar-refractivity contribution in [3.8, 4) is 0 Å². The van der Waals surface area contributed by atoms with Crippen molar-refractivity contribution in [2.24, 2.45) is 7.05 Å². The molecule has 21 heavy (non-hydrogen) atoms. The van der Waals surface area contributed by atoms with Gasteiger partial charge in [-0.15, -0.1) is 0 Å². The summed E-state index contributed by atoms with van der Waals surface area (Å²) in [7, 11) is 1.82. The molecule has 1 aliphatic heterocycles. The van der Waals surface area contributed by atoms with E-state index in [4.69, 9.17) is 11.6 Å². The molecule has 0 fully saturated rings. The van der Waals surface area contributed by atoms with E-state index in [0.717, 1.165) is 41.8 Å². The molecule has 1 aromatic heterocycles. The van der Waals surface area contributed by atoms with Crippen LogP contribution < -0.4 is 0 Å². The van der Waals surface area contributed by atoms with Crippen molar-refractivity contribution >= 4 is 17.5 Å². The number of rotatable bonds is 2. The van der Waals surface area contributed by atoms with Crippen molar-refractivity contribution < 1.29 is 4.79 Å². The minimum Gasteiger partial charge on any atom is -0.334 e. The van der Waals surface area contributed by atoms with E-state index in [0.29, 0.717) is 11.7 Å². The van der Waals surface area contributed by atoms with Crippen LogP contribution >= 0.6 is 11.6 Å². The van der Waals surface area contributed by atoms with Gasteiger partial charge in [0.25, 0.3) is 5.91 Å². The van der Waals surface area contributed by atoms with E-state index in [-0.39, 0.29) is 5.91 Å². The van der Waals surface area contributed by atoms with Crippen LogP contribution in [-0.4, -0.2) is 27.1 Å². The van der Waals surface area contributed by atoms with Crippen LogP contribution in [0.4, 0.5) is 0 Å². The predicted octanol–water partition coefficient (Wildman–Crippen LogP) is 2.97. The normalized spacial score (nSPS) is 15.0. The lowest BCUT2D eigenvalue weighted by Crippen LogP contribution is -2.30. The predicted molar refractivity (Wildman–Crippen MR) is 82.5 cm³/mol. The lowest BCUT2D eigenvalue weighted by molar-refractivity contribution is 0.0748. The van der Waals surface area contributed by atoms with Gasteiger partial charge in [-0.1, -0.05) is 29.8 Å². The zero-order valence-corrected chi connectivity index (χ0v) is 13.0. The van der Waals surface area contributed by atoms with E-state index in [1.165, 1.54) is 0 Å². The van der Waals surface area contributed by atoms with Crippen LogP contribution in [0.25, 0.3) is 0 Å². The fourth-order valence-electron chi connectivity index (χ4n) is 2.87. The smallest absolute Gasteiger partial charge is 0.254 e. The molecule has 0 N–H and O–H groups in total. The molecule has 0 atom stereocenters. The Hall–Kier alpha value is -1.81. The summed E-state index contributed by atoms with van der Waals surface area (Å²) in [5.74, 6) is 0.0856. The number of benzene rings is 1. The van der Waals surface area contributed by atoms with Crippen molar-refractivity contribution in [1.82, 2.24) is 14.7 Å². The number of aryl methyl sites for hydroxylation is 3. The molecule has 2 heterocycles. The Balaban J connectivity index is 1.91. The van der Waals surface area contributed by atoms with Crippen molar-refractivity contribution in [3.05, 3.63) is 51.8 Å². The van der Waals surface area contributed by atoms with Crippen molar-refractivity contribution in [2.45, 2.75) is 26.3 Å². The SMILES string of the molecule is Cc1nn(C)c(Cl)c1CN1CCCc2ccccc2C1=O. The van der Waals surface area contributed by atoms with Gasteiger partial charge in [-0.3, -0.25) is 9.48 Å². The first-order valence-electron chi connectivity index (χ1n) is 7.13. The maximum Gasteiger partial charge on any atom is 0.254 e. The van der Waals surface area contributed by atoms with E-state index < -0.39 is 0 Å². The summed E-state index contributed by atoms with van der Waals surface area (Å²) < 4.78 is 1.66. The van der Waals surface area contributed by atoms with Crippen LogP contribution in [0.5, 0.6) is 0 Å². The molecule has 0 aliphatic carbocycles. The third kappa shape index (κ3) is 2.56. The summed E-state index contributed by atoms with van der Waals surface area (Å²) in [6, 6.07) is 7.86. The monoisotopic (exact) mass is 303 g/mol. The summed E-state index contributed by atoms with van der Waals surface area (Å²) in [6.45, 7) is 3.20. The minimum atomic E-state index is 0.0856. The number of aromatic nitrogens is 2. The Bertz CT molecular complexity index is 693. The first kappa shape index (κ1) is 14.1. The third-order valence-corrected chi connectivity index (χ3v) is 4.50. The minimum absolute atomic E-state index is 0.0856. The summed E-state index contributed by atoms with van der Waals surface area (Å²) >= 11 is 6.28. The second kappa shape index (κ2) is 5.53. The zero-order chi connectivity index (χ0) is 15.0. The summed E-state index contributed by atoms with van der Waals surface area (Å²) in [5.41, 5.74) is 3.77. The molecular weight excluding hydrogens is 286 g/mol. The topological polar surface area (TPSA) is 38.1 Å². The molecule has 110 valence electrons. The molecular formula is C16H18ClN3O. The number of halogens is 1. The fourth-order valence-corrected chi connectivity index (χ4v) is 3.11. The molecule has 0 radical (unpaired) electrons. The summed E-state index contributed by atoms with van der Waals surface area (Å²) in [4.78, 5) is 14.6. The molecule has 1 aromatic carbocycles. The molecule has 2 aromatic rings. The Kier molecular flexibility index (Phi) is 3.72. The van der Waals surface area contributed by atoms with Crippen LogP contribution in [0.2, 0.25) is 5.15 Å². The third-order valence-electron chi connectivity index (χ3n) is 4.03. The van der Waals surface area contributed by atoms with E-state index in [9.17, 15) is 4.79 Å². The second-order valence-corrected chi connectivity index (χ2v) is 5.82. The van der Waals surface area contributed by atoms with Crippen molar-refractivity contribution in [2.75, 3.05) is 6.54 Å². The van der Waals surface area contributed by atoms with Crippen molar-refractivity contribution in [1.29, 1.82) is 0 Å². The molecule has 0 saturated heterocycles. The number of hydrogen-bond acceptors (Lipinski definition) is 2. The Morgan fingerprint density at radius 3 is 2.81 bits per heavy atom. The van der Waals surface area contributed by atoms with Gasteiger partial charge in [0, 0.05) is 24.7 Å². The number of hydrogen-bond donors (Lipinski definition) is 0. The van der Waals surface area contributed by atoms with Gasteiger partial charge in [0.1, 0.15) is 5.15 Å². The molecule has 4 nitrogen and oxygen atoms in total. The highest BCUT2D eigenvalue weighted by atomic mass is 35.5. The van der Waals surface area contributed by atoms with Gasteiger partial charge < -0.3 is 4.90 Å². The average molecular weight is 304 g/mol. The maximum absolute atomic E-state index is 12.7.